The SMILES string of the molecule is CC(C)(C)OC(=O)N1CC(C(F)(F)F)CC1CO[Si](C)(C)C(C)(C)C. The highest BCUT2D eigenvalue weighted by Crippen LogP contribution is 2.40. The van der Waals surface area contributed by atoms with E-state index in [1.807, 2.05) is 13.1 Å². The number of likely N-dealkylation sites (tertiary alicyclic amines) is 1. The molecular weight excluding hydrogens is 351 g/mol. The van der Waals surface area contributed by atoms with Crippen molar-refractivity contribution in [2.45, 2.75) is 83.9 Å². The summed E-state index contributed by atoms with van der Waals surface area (Å²) in [7, 11) is -2.11. The Bertz CT molecular complexity index is 481. The monoisotopic (exact) mass is 383 g/mol. The number of hydrogen-bond donors (Lipinski definition) is 0. The summed E-state index contributed by atoms with van der Waals surface area (Å²) in [5.41, 5.74) is -0.752. The smallest absolute Gasteiger partial charge is 0.410 e. The van der Waals surface area contributed by atoms with Crippen molar-refractivity contribution in [2.24, 2.45) is 5.92 Å². The molecule has 25 heavy (non-hydrogen) atoms. The molecule has 0 aliphatic carbocycles. The summed E-state index contributed by atoms with van der Waals surface area (Å²) < 4.78 is 50.8. The van der Waals surface area contributed by atoms with E-state index in [-0.39, 0.29) is 24.6 Å². The lowest BCUT2D eigenvalue weighted by molar-refractivity contribution is -0.170. The average Bonchev–Trinajstić information content (AvgIpc) is 2.76. The first-order valence-electron chi connectivity index (χ1n) is 8.64. The van der Waals surface area contributed by atoms with Crippen molar-refractivity contribution in [3.05, 3.63) is 0 Å². The zero-order chi connectivity index (χ0) is 19.8. The molecule has 0 aromatic carbocycles. The number of amides is 1. The van der Waals surface area contributed by atoms with Crippen LogP contribution in [0.2, 0.25) is 18.1 Å². The number of carbonyl (C=O) groups excluding carboxylic acids is 1. The van der Waals surface area contributed by atoms with Crippen molar-refractivity contribution in [1.29, 1.82) is 0 Å². The largest absolute Gasteiger partial charge is 0.444 e. The highest BCUT2D eigenvalue weighted by atomic mass is 28.4. The van der Waals surface area contributed by atoms with Gasteiger partial charge in [-0.3, -0.25) is 0 Å². The predicted molar refractivity (Wildman–Crippen MR) is 94.0 cm³/mol. The third-order valence-electron chi connectivity index (χ3n) is 4.95. The molecule has 0 bridgehead atoms. The van der Waals surface area contributed by atoms with Crippen molar-refractivity contribution < 1.29 is 27.1 Å². The molecule has 1 amide bonds. The zero-order valence-corrected chi connectivity index (χ0v) is 17.6. The van der Waals surface area contributed by atoms with Gasteiger partial charge in [-0.1, -0.05) is 20.8 Å². The minimum absolute atomic E-state index is 0.0498. The van der Waals surface area contributed by atoms with E-state index < -0.39 is 38.1 Å². The Kier molecular flexibility index (Phi) is 6.32. The van der Waals surface area contributed by atoms with Crippen LogP contribution in [0.4, 0.5) is 18.0 Å². The molecule has 8 heteroatoms. The van der Waals surface area contributed by atoms with Gasteiger partial charge in [-0.15, -0.1) is 0 Å². The van der Waals surface area contributed by atoms with E-state index in [0.29, 0.717) is 0 Å². The van der Waals surface area contributed by atoms with E-state index >= 15 is 0 Å². The summed E-state index contributed by atoms with van der Waals surface area (Å²) >= 11 is 0. The highest BCUT2D eigenvalue weighted by Gasteiger charge is 2.50. The second-order valence-electron chi connectivity index (χ2n) is 9.33. The van der Waals surface area contributed by atoms with E-state index in [2.05, 4.69) is 20.8 Å². The number of halogens is 3. The summed E-state index contributed by atoms with van der Waals surface area (Å²) in [6.45, 7) is 15.1. The minimum atomic E-state index is -4.33. The first kappa shape index (κ1) is 22.3. The second kappa shape index (κ2) is 7.10. The fourth-order valence-corrected chi connectivity index (χ4v) is 3.42. The maximum atomic E-state index is 13.2. The van der Waals surface area contributed by atoms with Gasteiger partial charge in [0.25, 0.3) is 0 Å². The molecule has 1 rings (SSSR count). The number of rotatable bonds is 3. The molecule has 148 valence electrons. The number of alkyl halides is 3. The zero-order valence-electron chi connectivity index (χ0n) is 16.6. The molecule has 0 N–H and O–H groups in total. The molecule has 0 spiro atoms. The van der Waals surface area contributed by atoms with Crippen molar-refractivity contribution in [2.75, 3.05) is 13.2 Å². The van der Waals surface area contributed by atoms with Gasteiger partial charge in [-0.25, -0.2) is 4.79 Å². The molecule has 0 saturated carbocycles. The van der Waals surface area contributed by atoms with Crippen molar-refractivity contribution in [1.82, 2.24) is 4.90 Å². The molecule has 2 unspecified atom stereocenters. The van der Waals surface area contributed by atoms with Crippen LogP contribution in [0.3, 0.4) is 0 Å². The van der Waals surface area contributed by atoms with Crippen LogP contribution in [0.25, 0.3) is 0 Å². The summed E-state index contributed by atoms with van der Waals surface area (Å²) in [4.78, 5) is 13.5. The Balaban J connectivity index is 2.90. The van der Waals surface area contributed by atoms with Gasteiger partial charge in [0, 0.05) is 6.54 Å². The van der Waals surface area contributed by atoms with Gasteiger partial charge in [0.1, 0.15) is 5.60 Å². The third-order valence-corrected chi connectivity index (χ3v) is 9.45. The molecule has 0 radical (unpaired) electrons. The van der Waals surface area contributed by atoms with Gasteiger partial charge < -0.3 is 14.1 Å². The van der Waals surface area contributed by atoms with Gasteiger partial charge in [-0.05, 0) is 45.3 Å². The van der Waals surface area contributed by atoms with Crippen LogP contribution in [-0.4, -0.2) is 50.3 Å². The van der Waals surface area contributed by atoms with Crippen LogP contribution < -0.4 is 0 Å². The number of carbonyl (C=O) groups is 1. The van der Waals surface area contributed by atoms with Crippen molar-refractivity contribution >= 4 is 14.4 Å². The fraction of sp³-hybridized carbons (Fsp3) is 0.941. The van der Waals surface area contributed by atoms with Crippen LogP contribution in [0, 0.1) is 5.92 Å². The van der Waals surface area contributed by atoms with Crippen molar-refractivity contribution in [3.8, 4) is 0 Å². The van der Waals surface area contributed by atoms with Gasteiger partial charge in [0.2, 0.25) is 0 Å². The summed E-state index contributed by atoms with van der Waals surface area (Å²) in [5, 5.41) is -0.0498. The second-order valence-corrected chi connectivity index (χ2v) is 14.1. The van der Waals surface area contributed by atoms with Crippen LogP contribution in [0.1, 0.15) is 48.0 Å². The molecule has 2 atom stereocenters. The maximum Gasteiger partial charge on any atom is 0.410 e. The molecule has 1 fully saturated rings. The van der Waals surface area contributed by atoms with E-state index in [4.69, 9.17) is 9.16 Å². The lowest BCUT2D eigenvalue weighted by atomic mass is 10.1. The molecule has 1 heterocycles. The van der Waals surface area contributed by atoms with Gasteiger partial charge >= 0.3 is 12.3 Å². The Hall–Kier alpha value is -0.763. The van der Waals surface area contributed by atoms with Crippen LogP contribution in [-0.2, 0) is 9.16 Å². The molecule has 1 saturated heterocycles. The molecule has 4 nitrogen and oxygen atoms in total. The van der Waals surface area contributed by atoms with Gasteiger partial charge in [-0.2, -0.15) is 13.2 Å². The maximum absolute atomic E-state index is 13.2. The normalized spacial score (nSPS) is 23.1. The van der Waals surface area contributed by atoms with Crippen LogP contribution in [0.5, 0.6) is 0 Å². The molecular formula is C17H32F3NO3Si. The summed E-state index contributed by atoms with van der Waals surface area (Å²) in [5.74, 6) is -1.53. The van der Waals surface area contributed by atoms with Crippen LogP contribution >= 0.6 is 0 Å². The van der Waals surface area contributed by atoms with E-state index in [1.54, 1.807) is 20.8 Å². The molecule has 0 aromatic heterocycles. The lowest BCUT2D eigenvalue weighted by Gasteiger charge is -2.38. The fourth-order valence-electron chi connectivity index (χ4n) is 2.38. The van der Waals surface area contributed by atoms with Gasteiger partial charge in [0.05, 0.1) is 18.6 Å². The minimum Gasteiger partial charge on any atom is -0.444 e. The number of hydrogen-bond acceptors (Lipinski definition) is 3. The van der Waals surface area contributed by atoms with Crippen LogP contribution in [0.15, 0.2) is 0 Å². The third kappa shape index (κ3) is 6.16. The Morgan fingerprint density at radius 2 is 1.64 bits per heavy atom. The van der Waals surface area contributed by atoms with Crippen molar-refractivity contribution in [3.63, 3.8) is 0 Å². The molecule has 0 aromatic rings. The van der Waals surface area contributed by atoms with E-state index in [1.165, 1.54) is 4.90 Å². The predicted octanol–water partition coefficient (Wildman–Crippen LogP) is 5.20. The molecule has 1 aliphatic rings. The number of nitrogens with zero attached hydrogens (tertiary/aromatic N) is 1. The van der Waals surface area contributed by atoms with E-state index in [9.17, 15) is 18.0 Å². The Labute approximate surface area is 150 Å². The summed E-state index contributed by atoms with van der Waals surface area (Å²) in [6, 6.07) is -0.615. The summed E-state index contributed by atoms with van der Waals surface area (Å²) in [6.07, 6.45) is -5.17. The highest BCUT2D eigenvalue weighted by molar-refractivity contribution is 6.74. The van der Waals surface area contributed by atoms with E-state index in [0.717, 1.165) is 0 Å². The Morgan fingerprint density at radius 1 is 1.12 bits per heavy atom. The van der Waals surface area contributed by atoms with Gasteiger partial charge in [0.15, 0.2) is 8.32 Å². The molecule has 1 aliphatic heterocycles. The Morgan fingerprint density at radius 3 is 2.04 bits per heavy atom. The average molecular weight is 384 g/mol. The standard InChI is InChI=1S/C17H32F3NO3Si/c1-15(2,3)24-14(22)21-10-12(17(18,19)20)9-13(21)11-23-25(7,8)16(4,5)6/h12-13H,9-11H2,1-8H3. The lowest BCUT2D eigenvalue weighted by Crippen LogP contribution is -2.46. The topological polar surface area (TPSA) is 38.8 Å². The first-order valence-corrected chi connectivity index (χ1v) is 11.6. The first-order chi connectivity index (χ1) is 10.9. The quantitative estimate of drug-likeness (QED) is 0.629. The number of ether oxygens (including phenoxy) is 1.